The fraction of sp³-hybridized carbons (Fsp3) is 0.300. The Morgan fingerprint density at radius 1 is 1.64 bits per heavy atom. The lowest BCUT2D eigenvalue weighted by molar-refractivity contribution is 0.0525. The molecule has 0 N–H and O–H groups in total. The SMILES string of the molecule is CCOC(=O)c1ccc(C#N)nc1C. The molecule has 0 saturated heterocycles. The highest BCUT2D eigenvalue weighted by atomic mass is 16.5. The number of aryl methyl sites for hydroxylation is 1. The molecule has 1 aromatic rings. The number of pyridine rings is 1. The second-order valence-corrected chi connectivity index (χ2v) is 2.66. The summed E-state index contributed by atoms with van der Waals surface area (Å²) in [4.78, 5) is 15.3. The van der Waals surface area contributed by atoms with Gasteiger partial charge in [0.2, 0.25) is 0 Å². The Morgan fingerprint density at radius 3 is 2.86 bits per heavy atom. The number of hydrogen-bond donors (Lipinski definition) is 0. The average molecular weight is 190 g/mol. The van der Waals surface area contributed by atoms with E-state index in [-0.39, 0.29) is 0 Å². The molecule has 0 atom stereocenters. The van der Waals surface area contributed by atoms with Crippen LogP contribution in [0.2, 0.25) is 0 Å². The zero-order chi connectivity index (χ0) is 10.6. The lowest BCUT2D eigenvalue weighted by atomic mass is 10.2. The van der Waals surface area contributed by atoms with Gasteiger partial charge in [-0.1, -0.05) is 0 Å². The number of aromatic nitrogens is 1. The molecule has 1 heterocycles. The minimum Gasteiger partial charge on any atom is -0.462 e. The van der Waals surface area contributed by atoms with Crippen molar-refractivity contribution in [3.05, 3.63) is 29.1 Å². The molecule has 0 amide bonds. The van der Waals surface area contributed by atoms with Gasteiger partial charge in [0, 0.05) is 0 Å². The number of carbonyl (C=O) groups excluding carboxylic acids is 1. The van der Waals surface area contributed by atoms with Gasteiger partial charge in [0.25, 0.3) is 0 Å². The largest absolute Gasteiger partial charge is 0.462 e. The van der Waals surface area contributed by atoms with Crippen LogP contribution in [0.15, 0.2) is 12.1 Å². The Hall–Kier alpha value is -1.89. The topological polar surface area (TPSA) is 63.0 Å². The molecule has 0 aliphatic heterocycles. The number of carbonyl (C=O) groups is 1. The Morgan fingerprint density at radius 2 is 2.36 bits per heavy atom. The Labute approximate surface area is 82.1 Å². The zero-order valence-corrected chi connectivity index (χ0v) is 8.07. The Bertz CT molecular complexity index is 394. The normalized spacial score (nSPS) is 9.21. The van der Waals surface area contributed by atoms with E-state index in [2.05, 4.69) is 4.98 Å². The summed E-state index contributed by atoms with van der Waals surface area (Å²) in [7, 11) is 0. The van der Waals surface area contributed by atoms with E-state index < -0.39 is 5.97 Å². The molecule has 0 aliphatic carbocycles. The van der Waals surface area contributed by atoms with Crippen LogP contribution in [0.1, 0.15) is 28.7 Å². The maximum Gasteiger partial charge on any atom is 0.339 e. The van der Waals surface area contributed by atoms with E-state index in [1.165, 1.54) is 6.07 Å². The van der Waals surface area contributed by atoms with Gasteiger partial charge in [0.15, 0.2) is 0 Å². The molecule has 72 valence electrons. The smallest absolute Gasteiger partial charge is 0.339 e. The maximum atomic E-state index is 11.3. The quantitative estimate of drug-likeness (QED) is 0.662. The van der Waals surface area contributed by atoms with Crippen LogP contribution in [0.3, 0.4) is 0 Å². The third-order valence-corrected chi connectivity index (χ3v) is 1.70. The standard InChI is InChI=1S/C10H10N2O2/c1-3-14-10(13)9-5-4-8(6-11)12-7(9)2/h4-5H,3H2,1-2H3. The van der Waals surface area contributed by atoms with Crippen LogP contribution in [0.4, 0.5) is 0 Å². The molecule has 0 spiro atoms. The van der Waals surface area contributed by atoms with Crippen LogP contribution in [0, 0.1) is 18.3 Å². The highest BCUT2D eigenvalue weighted by molar-refractivity contribution is 5.90. The zero-order valence-electron chi connectivity index (χ0n) is 8.07. The lowest BCUT2D eigenvalue weighted by Gasteiger charge is -2.03. The first-order chi connectivity index (χ1) is 6.69. The van der Waals surface area contributed by atoms with Crippen LogP contribution in [-0.2, 0) is 4.74 Å². The molecule has 4 nitrogen and oxygen atoms in total. The van der Waals surface area contributed by atoms with Gasteiger partial charge < -0.3 is 4.74 Å². The van der Waals surface area contributed by atoms with Crippen molar-refractivity contribution in [2.75, 3.05) is 6.61 Å². The van der Waals surface area contributed by atoms with Crippen molar-refractivity contribution in [3.8, 4) is 6.07 Å². The van der Waals surface area contributed by atoms with Crippen LogP contribution in [0.25, 0.3) is 0 Å². The second-order valence-electron chi connectivity index (χ2n) is 2.66. The summed E-state index contributed by atoms with van der Waals surface area (Å²) in [5.41, 5.74) is 1.23. The molecule has 0 aliphatic rings. The molecular weight excluding hydrogens is 180 g/mol. The number of rotatable bonds is 2. The third kappa shape index (κ3) is 2.07. The third-order valence-electron chi connectivity index (χ3n) is 1.70. The van der Waals surface area contributed by atoms with Crippen molar-refractivity contribution in [1.82, 2.24) is 4.98 Å². The maximum absolute atomic E-state index is 11.3. The Kier molecular flexibility index (Phi) is 3.19. The molecule has 1 rings (SSSR count). The average Bonchev–Trinajstić information content (AvgIpc) is 2.17. The van der Waals surface area contributed by atoms with Crippen molar-refractivity contribution < 1.29 is 9.53 Å². The summed E-state index contributed by atoms with van der Waals surface area (Å²) in [6, 6.07) is 4.96. The van der Waals surface area contributed by atoms with Gasteiger partial charge in [-0.3, -0.25) is 0 Å². The van der Waals surface area contributed by atoms with Gasteiger partial charge >= 0.3 is 5.97 Å². The van der Waals surface area contributed by atoms with Crippen LogP contribution in [-0.4, -0.2) is 17.6 Å². The highest BCUT2D eigenvalue weighted by Crippen LogP contribution is 2.07. The number of nitrogens with zero attached hydrogens (tertiary/aromatic N) is 2. The van der Waals surface area contributed by atoms with E-state index in [0.717, 1.165) is 0 Å². The molecule has 0 unspecified atom stereocenters. The summed E-state index contributed by atoms with van der Waals surface area (Å²) in [6.45, 7) is 3.75. The molecule has 0 bridgehead atoms. The van der Waals surface area contributed by atoms with Crippen LogP contribution < -0.4 is 0 Å². The molecule has 0 radical (unpaired) electrons. The van der Waals surface area contributed by atoms with E-state index in [0.29, 0.717) is 23.6 Å². The van der Waals surface area contributed by atoms with Gasteiger partial charge in [0.1, 0.15) is 11.8 Å². The minimum absolute atomic E-state index is 0.301. The fourth-order valence-corrected chi connectivity index (χ4v) is 1.05. The van der Waals surface area contributed by atoms with Gasteiger partial charge in [-0.25, -0.2) is 9.78 Å². The minimum atomic E-state index is -0.401. The first kappa shape index (κ1) is 10.2. The van der Waals surface area contributed by atoms with Gasteiger partial charge in [0.05, 0.1) is 17.9 Å². The summed E-state index contributed by atoms with van der Waals surface area (Å²) in [6.07, 6.45) is 0. The molecule has 0 aromatic carbocycles. The van der Waals surface area contributed by atoms with E-state index in [1.807, 2.05) is 6.07 Å². The fourth-order valence-electron chi connectivity index (χ4n) is 1.05. The molecule has 14 heavy (non-hydrogen) atoms. The summed E-state index contributed by atoms with van der Waals surface area (Å²) in [5.74, 6) is -0.401. The van der Waals surface area contributed by atoms with Crippen molar-refractivity contribution in [1.29, 1.82) is 5.26 Å². The van der Waals surface area contributed by atoms with Gasteiger partial charge in [-0.05, 0) is 26.0 Å². The van der Waals surface area contributed by atoms with Crippen LogP contribution >= 0.6 is 0 Å². The number of hydrogen-bond acceptors (Lipinski definition) is 4. The summed E-state index contributed by atoms with van der Waals surface area (Å²) in [5, 5.41) is 8.57. The van der Waals surface area contributed by atoms with Crippen molar-refractivity contribution in [3.63, 3.8) is 0 Å². The van der Waals surface area contributed by atoms with Gasteiger partial charge in [-0.15, -0.1) is 0 Å². The molecular formula is C10H10N2O2. The first-order valence-corrected chi connectivity index (χ1v) is 4.24. The van der Waals surface area contributed by atoms with Crippen molar-refractivity contribution in [2.24, 2.45) is 0 Å². The number of ether oxygens (including phenoxy) is 1. The van der Waals surface area contributed by atoms with Crippen molar-refractivity contribution >= 4 is 5.97 Å². The van der Waals surface area contributed by atoms with Crippen LogP contribution in [0.5, 0.6) is 0 Å². The van der Waals surface area contributed by atoms with Gasteiger partial charge in [-0.2, -0.15) is 5.26 Å². The lowest BCUT2D eigenvalue weighted by Crippen LogP contribution is -2.08. The Balaban J connectivity index is 3.01. The molecule has 4 heteroatoms. The highest BCUT2D eigenvalue weighted by Gasteiger charge is 2.10. The van der Waals surface area contributed by atoms with E-state index in [4.69, 9.17) is 10.00 Å². The monoisotopic (exact) mass is 190 g/mol. The predicted molar refractivity (Wildman–Crippen MR) is 49.6 cm³/mol. The number of esters is 1. The molecule has 0 saturated carbocycles. The van der Waals surface area contributed by atoms with E-state index in [1.54, 1.807) is 19.9 Å². The van der Waals surface area contributed by atoms with Crippen molar-refractivity contribution in [2.45, 2.75) is 13.8 Å². The summed E-state index contributed by atoms with van der Waals surface area (Å²) >= 11 is 0. The first-order valence-electron chi connectivity index (χ1n) is 4.24. The van der Waals surface area contributed by atoms with E-state index >= 15 is 0 Å². The van der Waals surface area contributed by atoms with E-state index in [9.17, 15) is 4.79 Å². The molecule has 1 aromatic heterocycles. The summed E-state index contributed by atoms with van der Waals surface area (Å²) < 4.78 is 4.82. The number of nitriles is 1. The predicted octanol–water partition coefficient (Wildman–Crippen LogP) is 1.44. The molecule has 0 fully saturated rings. The second kappa shape index (κ2) is 4.38.